The lowest BCUT2D eigenvalue weighted by Crippen LogP contribution is -2.62. The molecule has 1 aromatic rings. The highest BCUT2D eigenvalue weighted by Gasteiger charge is 2.58. The van der Waals surface area contributed by atoms with Gasteiger partial charge in [0.15, 0.2) is 25.2 Å². The molecule has 0 bridgehead atoms. The number of carbonyl (C=O) groups is 1. The van der Waals surface area contributed by atoms with Crippen LogP contribution in [0.5, 0.6) is 0 Å². The predicted octanol–water partition coefficient (Wildman–Crippen LogP) is 2.72. The molecule has 0 aromatic carbocycles. The van der Waals surface area contributed by atoms with E-state index in [1.165, 1.54) is 12.7 Å². The molecule has 1 aromatic heterocycles. The van der Waals surface area contributed by atoms with Gasteiger partial charge in [0.2, 0.25) is 0 Å². The van der Waals surface area contributed by atoms with E-state index < -0.39 is 129 Å². The minimum Gasteiger partial charge on any atom is -0.469 e. The number of ether oxygens (including phenoxy) is 11. The Balaban J connectivity index is 0.840. The van der Waals surface area contributed by atoms with E-state index in [2.05, 4.69) is 19.9 Å². The Morgan fingerprint density at radius 2 is 1.27 bits per heavy atom. The van der Waals surface area contributed by atoms with Gasteiger partial charge in [0.05, 0.1) is 67.1 Å². The Hall–Kier alpha value is -1.95. The molecule has 374 valence electrons. The standard InChI is InChI=1S/C48H74O18/c1-22-28(13-15-58-22)47(5)14-12-29-27(45(47)54)11-10-26-16-31(30(50)20-48(26,29)6)62-36-17-32(55-7)42(23(2)59-36)64-37-18-33(56-8)43(24(3)60-37)65-38-19-34(57-9)44(25(4)61-38)66-46-41(53)40(52)39(51)35(21-49)63-46/h10,13,15,23-25,27,29-44,46,49-53H,11-12,14,16-21H2,1-9H3. The van der Waals surface area contributed by atoms with Crippen molar-refractivity contribution in [1.82, 2.24) is 0 Å². The predicted molar refractivity (Wildman–Crippen MR) is 231 cm³/mol. The van der Waals surface area contributed by atoms with Gasteiger partial charge in [-0.25, -0.2) is 0 Å². The number of hydrogen-bond donors (Lipinski definition) is 5. The molecule has 18 heteroatoms. The first-order valence-corrected chi connectivity index (χ1v) is 23.9. The van der Waals surface area contributed by atoms with Crippen LogP contribution in [-0.4, -0.2) is 176 Å². The van der Waals surface area contributed by atoms with Crippen molar-refractivity contribution in [1.29, 1.82) is 0 Å². The van der Waals surface area contributed by atoms with Crippen LogP contribution in [0.2, 0.25) is 0 Å². The van der Waals surface area contributed by atoms with E-state index in [4.69, 9.17) is 56.5 Å². The summed E-state index contributed by atoms with van der Waals surface area (Å²) in [6.07, 6.45) is -7.03. The summed E-state index contributed by atoms with van der Waals surface area (Å²) in [5.74, 6) is 1.09. The van der Waals surface area contributed by atoms with Gasteiger partial charge in [-0.2, -0.15) is 0 Å². The van der Waals surface area contributed by atoms with Crippen LogP contribution in [0.3, 0.4) is 0 Å². The van der Waals surface area contributed by atoms with Gasteiger partial charge in [-0.1, -0.05) is 18.6 Å². The summed E-state index contributed by atoms with van der Waals surface area (Å²) < 4.78 is 73.8. The van der Waals surface area contributed by atoms with Gasteiger partial charge in [-0.3, -0.25) is 4.79 Å². The quantitative estimate of drug-likeness (QED) is 0.179. The molecule has 3 aliphatic carbocycles. The number of ketones is 1. The Labute approximate surface area is 387 Å². The van der Waals surface area contributed by atoms with Crippen molar-refractivity contribution in [2.75, 3.05) is 27.9 Å². The van der Waals surface area contributed by atoms with Gasteiger partial charge in [0, 0.05) is 52.1 Å². The average molecular weight is 939 g/mol. The number of aryl methyl sites for hydroxylation is 1. The molecule has 66 heavy (non-hydrogen) atoms. The van der Waals surface area contributed by atoms with Crippen LogP contribution in [0.1, 0.15) is 97.3 Å². The van der Waals surface area contributed by atoms with Crippen LogP contribution in [0.15, 0.2) is 28.4 Å². The van der Waals surface area contributed by atoms with Gasteiger partial charge in [-0.05, 0) is 84.1 Å². The van der Waals surface area contributed by atoms with Gasteiger partial charge in [-0.15, -0.1) is 0 Å². The van der Waals surface area contributed by atoms with Crippen molar-refractivity contribution in [3.8, 4) is 0 Å². The fraction of sp³-hybridized carbons (Fsp3) is 0.854. The minimum absolute atomic E-state index is 0.114. The van der Waals surface area contributed by atoms with Crippen LogP contribution < -0.4 is 0 Å². The van der Waals surface area contributed by atoms with Crippen molar-refractivity contribution in [2.24, 2.45) is 17.3 Å². The third kappa shape index (κ3) is 9.50. The van der Waals surface area contributed by atoms with Crippen LogP contribution in [0.4, 0.5) is 0 Å². The van der Waals surface area contributed by atoms with Crippen LogP contribution in [-0.2, 0) is 62.3 Å². The fourth-order valence-corrected chi connectivity index (χ4v) is 12.4. The van der Waals surface area contributed by atoms with Gasteiger partial charge < -0.3 is 82.1 Å². The molecule has 0 radical (unpaired) electrons. The maximum absolute atomic E-state index is 14.2. The van der Waals surface area contributed by atoms with E-state index in [0.717, 1.165) is 24.2 Å². The van der Waals surface area contributed by atoms with Crippen LogP contribution in [0, 0.1) is 24.2 Å². The highest BCUT2D eigenvalue weighted by atomic mass is 16.8. The molecule has 0 spiro atoms. The maximum Gasteiger partial charge on any atom is 0.187 e. The third-order valence-electron chi connectivity index (χ3n) is 16.3. The maximum atomic E-state index is 14.2. The van der Waals surface area contributed by atoms with E-state index in [1.807, 2.05) is 26.8 Å². The average Bonchev–Trinajstić information content (AvgIpc) is 3.73. The minimum atomic E-state index is -1.59. The smallest absolute Gasteiger partial charge is 0.187 e. The lowest BCUT2D eigenvalue weighted by Gasteiger charge is -2.55. The zero-order chi connectivity index (χ0) is 47.4. The Morgan fingerprint density at radius 3 is 1.79 bits per heavy atom. The van der Waals surface area contributed by atoms with Crippen LogP contribution >= 0.6 is 0 Å². The summed E-state index contributed by atoms with van der Waals surface area (Å²) in [5.41, 5.74) is 1.34. The topological polar surface area (TPSA) is 233 Å². The molecule has 0 amide bonds. The first-order valence-electron chi connectivity index (χ1n) is 23.9. The SMILES string of the molecule is COC1CC(OC2CC3=CCC4C(=O)C(C)(c5ccoc5C)CCC4C3(C)CC2O)OC(C)C1OC1CC(OC)C(OC2CC(OC)C(OC3OC(CO)C(O)C(O)C3O)C(C)O2)C(C)O1. The number of methoxy groups -OCH3 is 3. The van der Waals surface area contributed by atoms with Crippen molar-refractivity contribution < 1.29 is 86.8 Å². The van der Waals surface area contributed by atoms with Crippen molar-refractivity contribution >= 4 is 5.78 Å². The van der Waals surface area contributed by atoms with E-state index in [9.17, 15) is 30.3 Å². The number of hydrogen-bond acceptors (Lipinski definition) is 18. The molecule has 4 aliphatic heterocycles. The second kappa shape index (κ2) is 20.4. The molecule has 6 fully saturated rings. The lowest BCUT2D eigenvalue weighted by atomic mass is 9.49. The molecule has 4 saturated heterocycles. The van der Waals surface area contributed by atoms with Gasteiger partial charge in [0.25, 0.3) is 0 Å². The number of aliphatic hydroxyl groups is 5. The molecule has 18 nitrogen and oxygen atoms in total. The number of aliphatic hydroxyl groups excluding tert-OH is 5. The molecule has 5 heterocycles. The largest absolute Gasteiger partial charge is 0.469 e. The fourth-order valence-electron chi connectivity index (χ4n) is 12.4. The Morgan fingerprint density at radius 1 is 0.727 bits per heavy atom. The van der Waals surface area contributed by atoms with E-state index in [0.29, 0.717) is 32.1 Å². The summed E-state index contributed by atoms with van der Waals surface area (Å²) in [4.78, 5) is 14.2. The molecule has 2 saturated carbocycles. The number of fused-ring (bicyclic) bond motifs is 3. The highest BCUT2D eigenvalue weighted by Crippen LogP contribution is 2.59. The molecular formula is C48H74O18. The Bertz CT molecular complexity index is 1820. The number of allylic oxidation sites excluding steroid dienone is 1. The second-order valence-corrected chi connectivity index (χ2v) is 20.2. The molecule has 23 unspecified atom stereocenters. The number of rotatable bonds is 13. The zero-order valence-corrected chi connectivity index (χ0v) is 39.8. The highest BCUT2D eigenvalue weighted by molar-refractivity contribution is 5.93. The molecule has 7 aliphatic rings. The summed E-state index contributed by atoms with van der Waals surface area (Å²) in [6, 6.07) is 1.94. The molecule has 23 atom stereocenters. The molecule has 8 rings (SSSR count). The summed E-state index contributed by atoms with van der Waals surface area (Å²) in [5, 5.41) is 52.4. The first kappa shape index (κ1) is 50.4. The van der Waals surface area contributed by atoms with E-state index in [-0.39, 0.29) is 29.5 Å². The number of furan rings is 1. The monoisotopic (exact) mass is 938 g/mol. The number of carbonyl (C=O) groups excluding carboxylic acids is 1. The summed E-state index contributed by atoms with van der Waals surface area (Å²) >= 11 is 0. The molecular weight excluding hydrogens is 865 g/mol. The normalized spacial score (nSPS) is 48.9. The summed E-state index contributed by atoms with van der Waals surface area (Å²) in [7, 11) is 4.76. The van der Waals surface area contributed by atoms with Crippen molar-refractivity contribution in [3.05, 3.63) is 35.3 Å². The second-order valence-electron chi connectivity index (χ2n) is 20.2. The van der Waals surface area contributed by atoms with Crippen LogP contribution in [0.25, 0.3) is 0 Å². The number of Topliss-reactive ketones (excluding diaryl/α,β-unsaturated/α-hetero) is 1. The lowest BCUT2D eigenvalue weighted by molar-refractivity contribution is -0.357. The molecule has 5 N–H and O–H groups in total. The van der Waals surface area contributed by atoms with Gasteiger partial charge >= 0.3 is 0 Å². The van der Waals surface area contributed by atoms with E-state index >= 15 is 0 Å². The Kier molecular flexibility index (Phi) is 15.6. The van der Waals surface area contributed by atoms with E-state index in [1.54, 1.807) is 27.4 Å². The third-order valence-corrected chi connectivity index (χ3v) is 16.3. The van der Waals surface area contributed by atoms with Gasteiger partial charge in [0.1, 0.15) is 54.3 Å². The van der Waals surface area contributed by atoms with Crippen molar-refractivity contribution in [2.45, 2.75) is 215 Å². The summed E-state index contributed by atoms with van der Waals surface area (Å²) in [6.45, 7) is 11.2. The zero-order valence-electron chi connectivity index (χ0n) is 39.8. The van der Waals surface area contributed by atoms with Crippen molar-refractivity contribution in [3.63, 3.8) is 0 Å². The first-order chi connectivity index (χ1) is 31.4.